The van der Waals surface area contributed by atoms with Crippen LogP contribution in [-0.2, 0) is 11.3 Å². The number of carbonyl (C=O) groups is 2. The third-order valence-electron chi connectivity index (χ3n) is 3.25. The summed E-state index contributed by atoms with van der Waals surface area (Å²) in [5, 5.41) is 0. The first-order valence-corrected chi connectivity index (χ1v) is 6.38. The molecule has 0 aromatic carbocycles. The van der Waals surface area contributed by atoms with Crippen LogP contribution >= 0.6 is 0 Å². The predicted octanol–water partition coefficient (Wildman–Crippen LogP) is -0.854. The van der Waals surface area contributed by atoms with E-state index in [2.05, 4.69) is 4.98 Å². The molecular formula is C12H19N5O2. The Morgan fingerprint density at radius 3 is 2.47 bits per heavy atom. The minimum Gasteiger partial charge on any atom is -0.339 e. The molecule has 2 N–H and O–H groups in total. The smallest absolute Gasteiger partial charge is 0.274 e. The molecule has 2 heterocycles. The Balaban J connectivity index is 1.95. The van der Waals surface area contributed by atoms with Crippen LogP contribution in [0.3, 0.4) is 0 Å². The average molecular weight is 265 g/mol. The van der Waals surface area contributed by atoms with Gasteiger partial charge in [-0.15, -0.1) is 0 Å². The Morgan fingerprint density at radius 2 is 1.89 bits per heavy atom. The summed E-state index contributed by atoms with van der Waals surface area (Å²) in [4.78, 5) is 31.0. The van der Waals surface area contributed by atoms with Gasteiger partial charge in [0.25, 0.3) is 5.91 Å². The molecule has 7 heteroatoms. The van der Waals surface area contributed by atoms with Crippen LogP contribution in [-0.4, -0.2) is 63.9 Å². The zero-order valence-electron chi connectivity index (χ0n) is 11.1. The molecule has 0 radical (unpaired) electrons. The van der Waals surface area contributed by atoms with E-state index in [1.54, 1.807) is 33.8 Å². The Kier molecular flexibility index (Phi) is 4.16. The van der Waals surface area contributed by atoms with Crippen molar-refractivity contribution in [3.8, 4) is 0 Å². The Morgan fingerprint density at radius 1 is 1.26 bits per heavy atom. The monoisotopic (exact) mass is 265 g/mol. The lowest BCUT2D eigenvalue weighted by Gasteiger charge is -2.33. The van der Waals surface area contributed by atoms with Gasteiger partial charge in [-0.05, 0) is 0 Å². The molecule has 19 heavy (non-hydrogen) atoms. The van der Waals surface area contributed by atoms with E-state index in [0.29, 0.717) is 45.0 Å². The van der Waals surface area contributed by atoms with Crippen LogP contribution in [0.15, 0.2) is 12.5 Å². The van der Waals surface area contributed by atoms with E-state index in [9.17, 15) is 9.59 Å². The number of piperazine rings is 1. The summed E-state index contributed by atoms with van der Waals surface area (Å²) < 4.78 is 1.80. The second-order valence-corrected chi connectivity index (χ2v) is 4.58. The second kappa shape index (κ2) is 5.83. The SMILES string of the molecule is CC(=O)N1CCN(C(=O)c2cn(CCN)cn2)CC1. The number of nitrogens with two attached hydrogens (primary N) is 1. The van der Waals surface area contributed by atoms with Gasteiger partial charge >= 0.3 is 0 Å². The first-order chi connectivity index (χ1) is 9.11. The largest absolute Gasteiger partial charge is 0.339 e. The molecule has 1 aliphatic rings. The van der Waals surface area contributed by atoms with E-state index < -0.39 is 0 Å². The van der Waals surface area contributed by atoms with E-state index in [-0.39, 0.29) is 11.8 Å². The maximum atomic E-state index is 12.2. The maximum Gasteiger partial charge on any atom is 0.274 e. The maximum absolute atomic E-state index is 12.2. The van der Waals surface area contributed by atoms with Gasteiger partial charge in [0, 0.05) is 52.4 Å². The number of imidazole rings is 1. The molecule has 0 unspecified atom stereocenters. The average Bonchev–Trinajstić information content (AvgIpc) is 2.87. The van der Waals surface area contributed by atoms with E-state index in [4.69, 9.17) is 5.73 Å². The summed E-state index contributed by atoms with van der Waals surface area (Å²) in [5.74, 6) is -0.0294. The van der Waals surface area contributed by atoms with Gasteiger partial charge in [-0.1, -0.05) is 0 Å². The van der Waals surface area contributed by atoms with E-state index >= 15 is 0 Å². The van der Waals surface area contributed by atoms with Crippen molar-refractivity contribution in [3.63, 3.8) is 0 Å². The van der Waals surface area contributed by atoms with Crippen molar-refractivity contribution >= 4 is 11.8 Å². The van der Waals surface area contributed by atoms with E-state index in [1.165, 1.54) is 0 Å². The lowest BCUT2D eigenvalue weighted by Crippen LogP contribution is -2.50. The van der Waals surface area contributed by atoms with E-state index in [1.807, 2.05) is 0 Å². The lowest BCUT2D eigenvalue weighted by molar-refractivity contribution is -0.130. The van der Waals surface area contributed by atoms with Gasteiger partial charge in [0.15, 0.2) is 0 Å². The van der Waals surface area contributed by atoms with Gasteiger partial charge in [-0.2, -0.15) is 0 Å². The zero-order valence-corrected chi connectivity index (χ0v) is 11.1. The second-order valence-electron chi connectivity index (χ2n) is 4.58. The molecule has 0 bridgehead atoms. The van der Waals surface area contributed by atoms with Crippen LogP contribution in [0.25, 0.3) is 0 Å². The number of amides is 2. The van der Waals surface area contributed by atoms with Crippen molar-refractivity contribution in [2.75, 3.05) is 32.7 Å². The topological polar surface area (TPSA) is 84.5 Å². The van der Waals surface area contributed by atoms with Crippen LogP contribution < -0.4 is 5.73 Å². The fourth-order valence-electron chi connectivity index (χ4n) is 2.13. The fraction of sp³-hybridized carbons (Fsp3) is 0.583. The summed E-state index contributed by atoms with van der Waals surface area (Å²) in [5.41, 5.74) is 5.89. The Bertz CT molecular complexity index is 462. The highest BCUT2D eigenvalue weighted by molar-refractivity contribution is 5.92. The molecule has 1 aromatic rings. The van der Waals surface area contributed by atoms with Gasteiger partial charge in [-0.25, -0.2) is 4.98 Å². The number of aromatic nitrogens is 2. The van der Waals surface area contributed by atoms with Crippen molar-refractivity contribution < 1.29 is 9.59 Å². The standard InChI is InChI=1S/C12H19N5O2/c1-10(18)16-4-6-17(7-5-16)12(19)11-8-15(3-2-13)9-14-11/h8-9H,2-7,13H2,1H3. The normalized spacial score (nSPS) is 15.7. The molecule has 2 rings (SSSR count). The molecular weight excluding hydrogens is 246 g/mol. The Labute approximate surface area is 112 Å². The van der Waals surface area contributed by atoms with Gasteiger partial charge < -0.3 is 20.1 Å². The highest BCUT2D eigenvalue weighted by Crippen LogP contribution is 2.07. The summed E-state index contributed by atoms with van der Waals surface area (Å²) >= 11 is 0. The summed E-state index contributed by atoms with van der Waals surface area (Å²) in [6.07, 6.45) is 3.33. The third kappa shape index (κ3) is 3.11. The van der Waals surface area contributed by atoms with Crippen molar-refractivity contribution in [2.24, 2.45) is 5.73 Å². The quantitative estimate of drug-likeness (QED) is 0.771. The minimum atomic E-state index is -0.0843. The zero-order chi connectivity index (χ0) is 13.8. The van der Waals surface area contributed by atoms with Crippen molar-refractivity contribution in [1.29, 1.82) is 0 Å². The summed E-state index contributed by atoms with van der Waals surface area (Å²) in [7, 11) is 0. The molecule has 1 aliphatic heterocycles. The number of nitrogens with zero attached hydrogens (tertiary/aromatic N) is 4. The van der Waals surface area contributed by atoms with Crippen molar-refractivity contribution in [1.82, 2.24) is 19.4 Å². The first-order valence-electron chi connectivity index (χ1n) is 6.38. The molecule has 0 aliphatic carbocycles. The Hall–Kier alpha value is -1.89. The van der Waals surface area contributed by atoms with Gasteiger partial charge in [-0.3, -0.25) is 9.59 Å². The molecule has 1 saturated heterocycles. The molecule has 1 aromatic heterocycles. The van der Waals surface area contributed by atoms with Gasteiger partial charge in [0.2, 0.25) is 5.91 Å². The van der Waals surface area contributed by atoms with Gasteiger partial charge in [0.05, 0.1) is 6.33 Å². The number of hydrogen-bond acceptors (Lipinski definition) is 4. The molecule has 0 saturated carbocycles. The van der Waals surface area contributed by atoms with Crippen LogP contribution in [0.2, 0.25) is 0 Å². The minimum absolute atomic E-state index is 0.0549. The summed E-state index contributed by atoms with van der Waals surface area (Å²) in [6.45, 7) is 5.01. The predicted molar refractivity (Wildman–Crippen MR) is 69.4 cm³/mol. The lowest BCUT2D eigenvalue weighted by atomic mass is 10.3. The van der Waals surface area contributed by atoms with Gasteiger partial charge in [0.1, 0.15) is 5.69 Å². The highest BCUT2D eigenvalue weighted by atomic mass is 16.2. The molecule has 0 spiro atoms. The first kappa shape index (κ1) is 13.5. The van der Waals surface area contributed by atoms with Crippen molar-refractivity contribution in [2.45, 2.75) is 13.5 Å². The van der Waals surface area contributed by atoms with Crippen LogP contribution in [0.4, 0.5) is 0 Å². The summed E-state index contributed by atoms with van der Waals surface area (Å²) in [6, 6.07) is 0. The molecule has 7 nitrogen and oxygen atoms in total. The number of rotatable bonds is 3. The molecule has 104 valence electrons. The van der Waals surface area contributed by atoms with Crippen LogP contribution in [0.1, 0.15) is 17.4 Å². The van der Waals surface area contributed by atoms with Crippen molar-refractivity contribution in [3.05, 3.63) is 18.2 Å². The molecule has 0 atom stereocenters. The van der Waals surface area contributed by atoms with Crippen LogP contribution in [0.5, 0.6) is 0 Å². The third-order valence-corrected chi connectivity index (χ3v) is 3.25. The molecule has 2 amide bonds. The number of carbonyl (C=O) groups excluding carboxylic acids is 2. The molecule has 1 fully saturated rings. The van der Waals surface area contributed by atoms with E-state index in [0.717, 1.165) is 0 Å². The highest BCUT2D eigenvalue weighted by Gasteiger charge is 2.24. The van der Waals surface area contributed by atoms with Crippen LogP contribution in [0, 0.1) is 0 Å². The number of hydrogen-bond donors (Lipinski definition) is 1. The fourth-order valence-corrected chi connectivity index (χ4v) is 2.13.